The summed E-state index contributed by atoms with van der Waals surface area (Å²) in [7, 11) is 0. The molecule has 1 saturated heterocycles. The van der Waals surface area contributed by atoms with Gasteiger partial charge in [0.15, 0.2) is 0 Å². The Kier molecular flexibility index (Phi) is 3.82. The van der Waals surface area contributed by atoms with Crippen LogP contribution in [-0.4, -0.2) is 17.1 Å². The van der Waals surface area contributed by atoms with Gasteiger partial charge in [-0.2, -0.15) is 0 Å². The van der Waals surface area contributed by atoms with Gasteiger partial charge in [-0.15, -0.1) is 0 Å². The number of aromatic nitrogens is 1. The van der Waals surface area contributed by atoms with Crippen LogP contribution in [0.15, 0.2) is 18.5 Å². The van der Waals surface area contributed by atoms with Crippen LogP contribution in [0.5, 0.6) is 0 Å². The SMILES string of the molecule is CCCC1(Cc2ccncc2Cl)CCCN1. The van der Waals surface area contributed by atoms with Gasteiger partial charge in [-0.25, -0.2) is 0 Å². The maximum absolute atomic E-state index is 6.17. The summed E-state index contributed by atoms with van der Waals surface area (Å²) < 4.78 is 0. The Balaban J connectivity index is 2.14. The lowest BCUT2D eigenvalue weighted by Crippen LogP contribution is -2.41. The zero-order valence-electron chi connectivity index (χ0n) is 9.80. The lowest BCUT2D eigenvalue weighted by atomic mass is 9.85. The molecule has 2 nitrogen and oxygen atoms in total. The summed E-state index contributed by atoms with van der Waals surface area (Å²) in [5.74, 6) is 0. The predicted molar refractivity (Wildman–Crippen MR) is 67.8 cm³/mol. The lowest BCUT2D eigenvalue weighted by molar-refractivity contribution is 0.342. The first-order valence-electron chi connectivity index (χ1n) is 6.09. The minimum atomic E-state index is 0.278. The van der Waals surface area contributed by atoms with Crippen molar-refractivity contribution in [3.05, 3.63) is 29.0 Å². The van der Waals surface area contributed by atoms with Crippen molar-refractivity contribution in [2.75, 3.05) is 6.54 Å². The molecule has 2 heterocycles. The van der Waals surface area contributed by atoms with E-state index >= 15 is 0 Å². The van der Waals surface area contributed by atoms with Gasteiger partial charge in [0.1, 0.15) is 0 Å². The topological polar surface area (TPSA) is 24.9 Å². The third-order valence-electron chi connectivity index (χ3n) is 3.45. The predicted octanol–water partition coefficient (Wildman–Crippen LogP) is 3.20. The molecule has 1 fully saturated rings. The molecule has 88 valence electrons. The Bertz CT molecular complexity index is 346. The normalized spacial score (nSPS) is 24.9. The number of rotatable bonds is 4. The summed E-state index contributed by atoms with van der Waals surface area (Å²) in [6.07, 6.45) is 9.59. The summed E-state index contributed by atoms with van der Waals surface area (Å²) in [5, 5.41) is 4.47. The molecule has 1 aliphatic heterocycles. The lowest BCUT2D eigenvalue weighted by Gasteiger charge is -2.29. The Labute approximate surface area is 102 Å². The maximum atomic E-state index is 6.17. The summed E-state index contributed by atoms with van der Waals surface area (Å²) in [5.41, 5.74) is 1.50. The molecule has 1 atom stereocenters. The number of pyridine rings is 1. The number of hydrogen-bond donors (Lipinski definition) is 1. The molecule has 2 rings (SSSR count). The van der Waals surface area contributed by atoms with Gasteiger partial charge in [0.25, 0.3) is 0 Å². The fraction of sp³-hybridized carbons (Fsp3) is 0.615. The summed E-state index contributed by atoms with van der Waals surface area (Å²) in [4.78, 5) is 4.04. The number of halogens is 1. The van der Waals surface area contributed by atoms with Crippen LogP contribution in [-0.2, 0) is 6.42 Å². The van der Waals surface area contributed by atoms with E-state index in [1.807, 2.05) is 12.3 Å². The van der Waals surface area contributed by atoms with Crippen molar-refractivity contribution in [3.63, 3.8) is 0 Å². The number of nitrogens with one attached hydrogen (secondary N) is 1. The van der Waals surface area contributed by atoms with Gasteiger partial charge in [0.05, 0.1) is 5.02 Å². The molecule has 0 spiro atoms. The largest absolute Gasteiger partial charge is 0.311 e. The fourth-order valence-electron chi connectivity index (χ4n) is 2.71. The van der Waals surface area contributed by atoms with E-state index in [2.05, 4.69) is 17.2 Å². The van der Waals surface area contributed by atoms with Crippen molar-refractivity contribution >= 4 is 11.6 Å². The molecule has 1 aliphatic rings. The van der Waals surface area contributed by atoms with E-state index in [0.29, 0.717) is 0 Å². The van der Waals surface area contributed by atoms with Crippen molar-refractivity contribution in [1.82, 2.24) is 10.3 Å². The first kappa shape index (κ1) is 11.9. The average Bonchev–Trinajstić information content (AvgIpc) is 2.71. The molecule has 0 aliphatic carbocycles. The zero-order valence-corrected chi connectivity index (χ0v) is 10.6. The monoisotopic (exact) mass is 238 g/mol. The zero-order chi connectivity index (χ0) is 11.4. The van der Waals surface area contributed by atoms with Crippen LogP contribution < -0.4 is 5.32 Å². The molecular formula is C13H19ClN2. The van der Waals surface area contributed by atoms with Crippen LogP contribution in [0.1, 0.15) is 38.2 Å². The van der Waals surface area contributed by atoms with Crippen molar-refractivity contribution in [2.45, 2.75) is 44.6 Å². The fourth-order valence-corrected chi connectivity index (χ4v) is 2.90. The molecule has 0 amide bonds. The van der Waals surface area contributed by atoms with E-state index < -0.39 is 0 Å². The minimum absolute atomic E-state index is 0.278. The molecular weight excluding hydrogens is 220 g/mol. The van der Waals surface area contributed by atoms with E-state index in [4.69, 9.17) is 11.6 Å². The van der Waals surface area contributed by atoms with Crippen LogP contribution >= 0.6 is 11.6 Å². The third kappa shape index (κ3) is 2.55. The second kappa shape index (κ2) is 5.15. The van der Waals surface area contributed by atoms with Gasteiger partial charge in [-0.3, -0.25) is 4.98 Å². The smallest absolute Gasteiger partial charge is 0.0621 e. The van der Waals surface area contributed by atoms with E-state index in [1.54, 1.807) is 6.20 Å². The van der Waals surface area contributed by atoms with Crippen molar-refractivity contribution in [3.8, 4) is 0 Å². The molecule has 1 N–H and O–H groups in total. The summed E-state index contributed by atoms with van der Waals surface area (Å²) in [6, 6.07) is 2.04. The van der Waals surface area contributed by atoms with Gasteiger partial charge in [-0.1, -0.05) is 24.9 Å². The quantitative estimate of drug-likeness (QED) is 0.872. The molecule has 1 unspecified atom stereocenters. The van der Waals surface area contributed by atoms with E-state index in [0.717, 1.165) is 18.0 Å². The molecule has 1 aromatic heterocycles. The second-order valence-electron chi connectivity index (χ2n) is 4.70. The number of nitrogens with zero attached hydrogens (tertiary/aromatic N) is 1. The highest BCUT2D eigenvalue weighted by atomic mass is 35.5. The molecule has 0 bridgehead atoms. The third-order valence-corrected chi connectivity index (χ3v) is 3.79. The van der Waals surface area contributed by atoms with Gasteiger partial charge in [0.2, 0.25) is 0 Å². The molecule has 3 heteroatoms. The maximum Gasteiger partial charge on any atom is 0.0621 e. The van der Waals surface area contributed by atoms with Gasteiger partial charge < -0.3 is 5.32 Å². The Hall–Kier alpha value is -0.600. The minimum Gasteiger partial charge on any atom is -0.311 e. The van der Waals surface area contributed by atoms with Gasteiger partial charge in [0, 0.05) is 17.9 Å². The average molecular weight is 239 g/mol. The van der Waals surface area contributed by atoms with Crippen LogP contribution in [0.4, 0.5) is 0 Å². The first-order valence-corrected chi connectivity index (χ1v) is 6.47. The van der Waals surface area contributed by atoms with E-state index in [1.165, 1.54) is 31.2 Å². The number of hydrogen-bond acceptors (Lipinski definition) is 2. The van der Waals surface area contributed by atoms with Crippen molar-refractivity contribution in [2.24, 2.45) is 0 Å². The highest BCUT2D eigenvalue weighted by Crippen LogP contribution is 2.30. The highest BCUT2D eigenvalue weighted by Gasteiger charge is 2.32. The van der Waals surface area contributed by atoms with Gasteiger partial charge >= 0.3 is 0 Å². The van der Waals surface area contributed by atoms with Crippen molar-refractivity contribution < 1.29 is 0 Å². The first-order chi connectivity index (χ1) is 7.76. The van der Waals surface area contributed by atoms with Crippen LogP contribution in [0, 0.1) is 0 Å². The van der Waals surface area contributed by atoms with E-state index in [-0.39, 0.29) is 5.54 Å². The van der Waals surface area contributed by atoms with Crippen molar-refractivity contribution in [1.29, 1.82) is 0 Å². The molecule has 0 saturated carbocycles. The Morgan fingerprint density at radius 2 is 2.44 bits per heavy atom. The Morgan fingerprint density at radius 3 is 3.06 bits per heavy atom. The molecule has 1 aromatic rings. The van der Waals surface area contributed by atoms with Crippen LogP contribution in [0.25, 0.3) is 0 Å². The summed E-state index contributed by atoms with van der Waals surface area (Å²) >= 11 is 6.17. The molecule has 0 radical (unpaired) electrons. The Morgan fingerprint density at radius 1 is 1.56 bits per heavy atom. The van der Waals surface area contributed by atoms with Gasteiger partial charge in [-0.05, 0) is 43.9 Å². The summed E-state index contributed by atoms with van der Waals surface area (Å²) in [6.45, 7) is 3.39. The highest BCUT2D eigenvalue weighted by molar-refractivity contribution is 6.31. The standard InChI is InChI=1S/C13H19ClN2/c1-2-5-13(6-3-7-16-13)9-11-4-8-15-10-12(11)14/h4,8,10,16H,2-3,5-7,9H2,1H3. The van der Waals surface area contributed by atoms with Crippen LogP contribution in [0.2, 0.25) is 5.02 Å². The molecule has 0 aromatic carbocycles. The van der Waals surface area contributed by atoms with E-state index in [9.17, 15) is 0 Å². The molecule has 16 heavy (non-hydrogen) atoms. The van der Waals surface area contributed by atoms with Crippen LogP contribution in [0.3, 0.4) is 0 Å². The second-order valence-corrected chi connectivity index (χ2v) is 5.11.